The first-order chi connectivity index (χ1) is 9.58. The van der Waals surface area contributed by atoms with Gasteiger partial charge in [0.1, 0.15) is 6.10 Å². The van der Waals surface area contributed by atoms with Gasteiger partial charge in [0.15, 0.2) is 0 Å². The Morgan fingerprint density at radius 1 is 1.30 bits per heavy atom. The van der Waals surface area contributed by atoms with Crippen LogP contribution in [0.15, 0.2) is 28.7 Å². The van der Waals surface area contributed by atoms with Crippen molar-refractivity contribution in [2.24, 2.45) is 5.92 Å². The quantitative estimate of drug-likeness (QED) is 0.783. The lowest BCUT2D eigenvalue weighted by Crippen LogP contribution is -2.36. The molecule has 1 fully saturated rings. The maximum atomic E-state index is 12.3. The van der Waals surface area contributed by atoms with Crippen molar-refractivity contribution in [3.05, 3.63) is 34.3 Å². The van der Waals surface area contributed by atoms with E-state index in [0.717, 1.165) is 30.3 Å². The molecule has 2 rings (SSSR count). The molecule has 1 saturated carbocycles. The zero-order chi connectivity index (χ0) is 14.5. The molecule has 0 aromatic heterocycles. The Morgan fingerprint density at radius 2 is 2.00 bits per heavy atom. The minimum atomic E-state index is -0.215. The number of rotatable bonds is 4. The highest BCUT2D eigenvalue weighted by Crippen LogP contribution is 2.29. The van der Waals surface area contributed by atoms with Crippen LogP contribution in [0.5, 0.6) is 0 Å². The smallest absolute Gasteiger partial charge is 0.339 e. The monoisotopic (exact) mass is 339 g/mol. The molecule has 20 heavy (non-hydrogen) atoms. The summed E-state index contributed by atoms with van der Waals surface area (Å²) in [5.41, 5.74) is 0.613. The molecular weight excluding hydrogens is 318 g/mol. The fourth-order valence-corrected chi connectivity index (χ4v) is 3.28. The maximum Gasteiger partial charge on any atom is 0.339 e. The second-order valence-electron chi connectivity index (χ2n) is 5.73. The molecule has 0 aliphatic heterocycles. The molecule has 3 nitrogen and oxygen atoms in total. The Bertz CT molecular complexity index is 462. The molecule has 2 atom stereocenters. The van der Waals surface area contributed by atoms with Crippen molar-refractivity contribution in [2.75, 3.05) is 20.6 Å². The Labute approximate surface area is 129 Å². The van der Waals surface area contributed by atoms with Crippen LogP contribution in [0, 0.1) is 5.92 Å². The number of ether oxygens (including phenoxy) is 1. The van der Waals surface area contributed by atoms with Gasteiger partial charge in [0.2, 0.25) is 0 Å². The highest BCUT2D eigenvalue weighted by molar-refractivity contribution is 9.10. The number of benzene rings is 1. The van der Waals surface area contributed by atoms with Gasteiger partial charge in [-0.15, -0.1) is 0 Å². The van der Waals surface area contributed by atoms with Crippen LogP contribution in [0.1, 0.15) is 36.0 Å². The van der Waals surface area contributed by atoms with E-state index in [-0.39, 0.29) is 12.1 Å². The van der Waals surface area contributed by atoms with E-state index in [1.54, 1.807) is 6.07 Å². The fourth-order valence-electron chi connectivity index (χ4n) is 2.83. The summed E-state index contributed by atoms with van der Waals surface area (Å²) >= 11 is 3.41. The highest BCUT2D eigenvalue weighted by Gasteiger charge is 2.29. The molecule has 0 spiro atoms. The summed E-state index contributed by atoms with van der Waals surface area (Å²) in [6.07, 6.45) is 4.56. The second-order valence-corrected chi connectivity index (χ2v) is 6.58. The van der Waals surface area contributed by atoms with Gasteiger partial charge in [-0.25, -0.2) is 4.79 Å². The van der Waals surface area contributed by atoms with Crippen molar-refractivity contribution in [2.45, 2.75) is 31.8 Å². The lowest BCUT2D eigenvalue weighted by atomic mass is 9.86. The topological polar surface area (TPSA) is 29.5 Å². The molecular formula is C16H22BrNO2. The van der Waals surface area contributed by atoms with Crippen LogP contribution in [0.4, 0.5) is 0 Å². The van der Waals surface area contributed by atoms with E-state index in [9.17, 15) is 4.79 Å². The van der Waals surface area contributed by atoms with Crippen molar-refractivity contribution in [3.63, 3.8) is 0 Å². The summed E-state index contributed by atoms with van der Waals surface area (Å²) in [4.78, 5) is 14.5. The molecule has 0 amide bonds. The second kappa shape index (κ2) is 7.23. The summed E-state index contributed by atoms with van der Waals surface area (Å²) < 4.78 is 6.57. The first-order valence-electron chi connectivity index (χ1n) is 7.18. The number of hydrogen-bond donors (Lipinski definition) is 0. The maximum absolute atomic E-state index is 12.3. The first kappa shape index (κ1) is 15.5. The van der Waals surface area contributed by atoms with Crippen molar-refractivity contribution in [3.8, 4) is 0 Å². The fraction of sp³-hybridized carbons (Fsp3) is 0.562. The van der Waals surface area contributed by atoms with E-state index in [2.05, 4.69) is 34.9 Å². The summed E-state index contributed by atoms with van der Waals surface area (Å²) in [6.45, 7) is 0.980. The first-order valence-corrected chi connectivity index (χ1v) is 7.97. The predicted octanol–water partition coefficient (Wildman–Crippen LogP) is 3.73. The number of hydrogen-bond acceptors (Lipinski definition) is 3. The molecule has 4 heteroatoms. The van der Waals surface area contributed by atoms with Crippen LogP contribution in [0.2, 0.25) is 0 Å². The molecule has 0 bridgehead atoms. The molecule has 110 valence electrons. The van der Waals surface area contributed by atoms with E-state index in [1.807, 2.05) is 18.2 Å². The van der Waals surface area contributed by atoms with Gasteiger partial charge in [-0.05, 0) is 61.4 Å². The van der Waals surface area contributed by atoms with Crippen molar-refractivity contribution < 1.29 is 9.53 Å². The van der Waals surface area contributed by atoms with Crippen LogP contribution in [0.3, 0.4) is 0 Å². The molecule has 1 aromatic rings. The molecule has 0 heterocycles. The number of carbonyl (C=O) groups is 1. The minimum Gasteiger partial charge on any atom is -0.458 e. The van der Waals surface area contributed by atoms with Gasteiger partial charge in [0.25, 0.3) is 0 Å². The molecule has 0 radical (unpaired) electrons. The molecule has 1 aliphatic carbocycles. The molecule has 0 saturated heterocycles. The van der Waals surface area contributed by atoms with Gasteiger partial charge >= 0.3 is 5.97 Å². The Kier molecular flexibility index (Phi) is 5.61. The molecule has 0 unspecified atom stereocenters. The van der Waals surface area contributed by atoms with Gasteiger partial charge in [0, 0.05) is 16.9 Å². The van der Waals surface area contributed by atoms with Gasteiger partial charge in [-0.2, -0.15) is 0 Å². The van der Waals surface area contributed by atoms with Gasteiger partial charge in [-0.1, -0.05) is 18.6 Å². The van der Waals surface area contributed by atoms with E-state index in [4.69, 9.17) is 4.74 Å². The Morgan fingerprint density at radius 3 is 2.70 bits per heavy atom. The van der Waals surface area contributed by atoms with Crippen LogP contribution < -0.4 is 0 Å². The average molecular weight is 340 g/mol. The van der Waals surface area contributed by atoms with E-state index < -0.39 is 0 Å². The van der Waals surface area contributed by atoms with Crippen LogP contribution >= 0.6 is 15.9 Å². The lowest BCUT2D eigenvalue weighted by molar-refractivity contribution is -0.00333. The van der Waals surface area contributed by atoms with Crippen LogP contribution in [-0.2, 0) is 4.74 Å². The molecule has 1 aromatic carbocycles. The molecule has 0 N–H and O–H groups in total. The average Bonchev–Trinajstić information content (AvgIpc) is 2.41. The number of halogens is 1. The van der Waals surface area contributed by atoms with Crippen LogP contribution in [0.25, 0.3) is 0 Å². The van der Waals surface area contributed by atoms with Gasteiger partial charge < -0.3 is 9.64 Å². The minimum absolute atomic E-state index is 0.0470. The Hall–Kier alpha value is -0.870. The summed E-state index contributed by atoms with van der Waals surface area (Å²) in [5, 5.41) is 0. The number of esters is 1. The third kappa shape index (κ3) is 4.06. The van der Waals surface area contributed by atoms with Crippen LogP contribution in [-0.4, -0.2) is 37.6 Å². The lowest BCUT2D eigenvalue weighted by Gasteiger charge is -2.33. The van der Waals surface area contributed by atoms with Crippen molar-refractivity contribution >= 4 is 21.9 Å². The molecule has 1 aliphatic rings. The van der Waals surface area contributed by atoms with E-state index >= 15 is 0 Å². The SMILES string of the molecule is CN(C)C[C@H]1CCCC[C@@H]1OC(=O)c1ccccc1Br. The van der Waals surface area contributed by atoms with Crippen molar-refractivity contribution in [1.29, 1.82) is 0 Å². The van der Waals surface area contributed by atoms with E-state index in [1.165, 1.54) is 6.42 Å². The summed E-state index contributed by atoms with van der Waals surface area (Å²) in [7, 11) is 4.14. The summed E-state index contributed by atoms with van der Waals surface area (Å²) in [6, 6.07) is 7.43. The van der Waals surface area contributed by atoms with Crippen molar-refractivity contribution in [1.82, 2.24) is 4.90 Å². The standard InChI is InChI=1S/C16H22BrNO2/c1-18(2)11-12-7-3-6-10-15(12)20-16(19)13-8-4-5-9-14(13)17/h4-5,8-9,12,15H,3,6-7,10-11H2,1-2H3/t12-,15+/m1/s1. The number of nitrogens with zero attached hydrogens (tertiary/aromatic N) is 1. The normalized spacial score (nSPS) is 22.8. The predicted molar refractivity (Wildman–Crippen MR) is 83.9 cm³/mol. The largest absolute Gasteiger partial charge is 0.458 e. The Balaban J connectivity index is 2.03. The zero-order valence-electron chi connectivity index (χ0n) is 12.1. The summed E-state index contributed by atoms with van der Waals surface area (Å²) in [5.74, 6) is 0.235. The third-order valence-electron chi connectivity index (χ3n) is 3.79. The van der Waals surface area contributed by atoms with Gasteiger partial charge in [0.05, 0.1) is 5.56 Å². The zero-order valence-corrected chi connectivity index (χ0v) is 13.7. The van der Waals surface area contributed by atoms with E-state index in [0.29, 0.717) is 11.5 Å². The van der Waals surface area contributed by atoms with Gasteiger partial charge in [-0.3, -0.25) is 0 Å². The highest BCUT2D eigenvalue weighted by atomic mass is 79.9. The third-order valence-corrected chi connectivity index (χ3v) is 4.48. The number of carbonyl (C=O) groups excluding carboxylic acids is 1.